The van der Waals surface area contributed by atoms with E-state index < -0.39 is 11.0 Å². The molecule has 0 fully saturated rings. The highest BCUT2D eigenvalue weighted by Crippen LogP contribution is 2.09. The van der Waals surface area contributed by atoms with Gasteiger partial charge in [0.1, 0.15) is 12.4 Å². The number of hydrogen-bond acceptors (Lipinski definition) is 5. The zero-order chi connectivity index (χ0) is 11.3. The average Bonchev–Trinajstić information content (AvgIpc) is 2.62. The molecule has 84 valence electrons. The first-order valence-corrected chi connectivity index (χ1v) is 4.68. The molecule has 0 saturated heterocycles. The molecule has 0 aliphatic carbocycles. The highest BCUT2D eigenvalue weighted by Gasteiger charge is 2.16. The second-order valence-electron chi connectivity index (χ2n) is 3.22. The largest absolute Gasteiger partial charge is 0.434 e. The lowest BCUT2D eigenvalue weighted by molar-refractivity contribution is -0.397. The highest BCUT2D eigenvalue weighted by atomic mass is 16.6. The molecule has 1 aromatic heterocycles. The maximum atomic E-state index is 10.5. The van der Waals surface area contributed by atoms with Gasteiger partial charge < -0.3 is 21.0 Å². The average molecular weight is 214 g/mol. The molecule has 7 nitrogen and oxygen atoms in total. The van der Waals surface area contributed by atoms with Crippen LogP contribution in [-0.4, -0.2) is 32.2 Å². The van der Waals surface area contributed by atoms with Crippen LogP contribution >= 0.6 is 0 Å². The number of nitrogens with zero attached hydrogens (tertiary/aromatic N) is 3. The molecular weight excluding hydrogens is 200 g/mol. The minimum absolute atomic E-state index is 0.177. The van der Waals surface area contributed by atoms with Gasteiger partial charge in [0.15, 0.2) is 0 Å². The van der Waals surface area contributed by atoms with E-state index in [2.05, 4.69) is 4.98 Å². The zero-order valence-electron chi connectivity index (χ0n) is 8.24. The van der Waals surface area contributed by atoms with E-state index in [1.54, 1.807) is 0 Å². The molecule has 0 spiro atoms. The molecule has 1 aromatic rings. The third-order valence-electron chi connectivity index (χ3n) is 2.01. The van der Waals surface area contributed by atoms with Crippen LogP contribution < -0.4 is 5.73 Å². The van der Waals surface area contributed by atoms with Crippen LogP contribution in [0.4, 0.5) is 5.95 Å². The van der Waals surface area contributed by atoms with E-state index in [9.17, 15) is 15.2 Å². The first-order valence-electron chi connectivity index (χ1n) is 4.68. The second-order valence-corrected chi connectivity index (χ2v) is 3.22. The molecule has 0 saturated carbocycles. The summed E-state index contributed by atoms with van der Waals surface area (Å²) in [6.07, 6.45) is 3.43. The minimum atomic E-state index is -0.624. The van der Waals surface area contributed by atoms with Gasteiger partial charge in [0.25, 0.3) is 0 Å². The molecule has 0 radical (unpaired) electrons. The summed E-state index contributed by atoms with van der Waals surface area (Å²) in [7, 11) is 0. The molecule has 3 N–H and O–H groups in total. The van der Waals surface area contributed by atoms with Gasteiger partial charge in [-0.15, -0.1) is 0 Å². The first-order chi connectivity index (χ1) is 7.15. The number of nitro groups is 1. The third kappa shape index (κ3) is 3.30. The summed E-state index contributed by atoms with van der Waals surface area (Å²) in [5.41, 5.74) is 5.29. The molecule has 0 bridgehead atoms. The maximum absolute atomic E-state index is 10.5. The summed E-state index contributed by atoms with van der Waals surface area (Å²) in [4.78, 5) is 13.5. The van der Waals surface area contributed by atoms with E-state index in [0.29, 0.717) is 19.4 Å². The third-order valence-corrected chi connectivity index (χ3v) is 2.01. The number of hydrogen-bond donors (Lipinski definition) is 2. The van der Waals surface area contributed by atoms with E-state index >= 15 is 0 Å². The van der Waals surface area contributed by atoms with Gasteiger partial charge in [-0.25, -0.2) is 4.57 Å². The Morgan fingerprint density at radius 2 is 2.47 bits per heavy atom. The lowest BCUT2D eigenvalue weighted by atomic mass is 10.2. The molecule has 0 amide bonds. The smallest absolute Gasteiger partial charge is 0.390 e. The molecule has 0 aromatic carbocycles. The molecule has 1 heterocycles. The van der Waals surface area contributed by atoms with Crippen molar-refractivity contribution >= 4 is 5.95 Å². The maximum Gasteiger partial charge on any atom is 0.434 e. The number of nitrogens with two attached hydrogens (primary N) is 1. The van der Waals surface area contributed by atoms with Crippen molar-refractivity contribution < 1.29 is 10.0 Å². The van der Waals surface area contributed by atoms with Crippen LogP contribution in [0.5, 0.6) is 0 Å². The van der Waals surface area contributed by atoms with Crippen molar-refractivity contribution in [1.29, 1.82) is 0 Å². The first kappa shape index (κ1) is 11.6. The Morgan fingerprint density at radius 1 is 1.73 bits per heavy atom. The summed E-state index contributed by atoms with van der Waals surface area (Å²) in [5.74, 6) is -0.248. The minimum Gasteiger partial charge on any atom is -0.390 e. The number of aliphatic hydroxyl groups is 1. The molecule has 0 aliphatic rings. The zero-order valence-corrected chi connectivity index (χ0v) is 8.24. The van der Waals surface area contributed by atoms with Gasteiger partial charge in [-0.2, -0.15) is 0 Å². The van der Waals surface area contributed by atoms with Crippen LogP contribution in [0.2, 0.25) is 0 Å². The van der Waals surface area contributed by atoms with E-state index in [1.165, 1.54) is 17.0 Å². The Labute approximate surface area is 86.7 Å². The summed E-state index contributed by atoms with van der Waals surface area (Å²) in [6.45, 7) is 0.680. The van der Waals surface area contributed by atoms with Gasteiger partial charge in [0.2, 0.25) is 0 Å². The Morgan fingerprint density at radius 3 is 3.07 bits per heavy atom. The van der Waals surface area contributed by atoms with Crippen LogP contribution in [0, 0.1) is 10.1 Å². The van der Waals surface area contributed by atoms with Gasteiger partial charge in [0, 0.05) is 0 Å². The SMILES string of the molecule is NCCCC(O)Cn1ccnc1[N+](=O)[O-]. The van der Waals surface area contributed by atoms with Gasteiger partial charge in [-0.3, -0.25) is 0 Å². The fourth-order valence-electron chi connectivity index (χ4n) is 1.29. The lowest BCUT2D eigenvalue weighted by Gasteiger charge is -2.08. The van der Waals surface area contributed by atoms with Crippen molar-refractivity contribution in [2.24, 2.45) is 5.73 Å². The standard InChI is InChI=1S/C8H14N4O3/c9-3-1-2-7(13)6-11-5-4-10-8(11)12(14)15/h4-5,7,13H,1-3,6,9H2. The molecule has 1 unspecified atom stereocenters. The van der Waals surface area contributed by atoms with E-state index in [-0.39, 0.29) is 12.5 Å². The van der Waals surface area contributed by atoms with E-state index in [0.717, 1.165) is 0 Å². The monoisotopic (exact) mass is 214 g/mol. The fraction of sp³-hybridized carbons (Fsp3) is 0.625. The van der Waals surface area contributed by atoms with Crippen LogP contribution in [0.1, 0.15) is 12.8 Å². The Balaban J connectivity index is 2.56. The van der Waals surface area contributed by atoms with Crippen molar-refractivity contribution in [3.8, 4) is 0 Å². The second kappa shape index (κ2) is 5.42. The molecule has 1 rings (SSSR count). The quantitative estimate of drug-likeness (QED) is 0.507. The van der Waals surface area contributed by atoms with Gasteiger partial charge in [-0.1, -0.05) is 4.98 Å². The van der Waals surface area contributed by atoms with Crippen LogP contribution in [0.3, 0.4) is 0 Å². The van der Waals surface area contributed by atoms with E-state index in [1.807, 2.05) is 0 Å². The summed E-state index contributed by atoms with van der Waals surface area (Å²) in [6, 6.07) is 0. The molecular formula is C8H14N4O3. The van der Waals surface area contributed by atoms with Crippen LogP contribution in [-0.2, 0) is 6.54 Å². The predicted octanol–water partition coefficient (Wildman–Crippen LogP) is -0.109. The fourth-order valence-corrected chi connectivity index (χ4v) is 1.29. The predicted molar refractivity (Wildman–Crippen MR) is 53.2 cm³/mol. The number of aliphatic hydroxyl groups excluding tert-OH is 1. The number of aromatic nitrogens is 2. The molecule has 15 heavy (non-hydrogen) atoms. The van der Waals surface area contributed by atoms with Crippen molar-refractivity contribution in [2.45, 2.75) is 25.5 Å². The summed E-state index contributed by atoms with van der Waals surface area (Å²) in [5, 5.41) is 20.0. The molecule has 7 heteroatoms. The normalized spacial score (nSPS) is 12.7. The Bertz CT molecular complexity index is 325. The summed E-state index contributed by atoms with van der Waals surface area (Å²) < 4.78 is 1.32. The Hall–Kier alpha value is -1.47. The number of rotatable bonds is 6. The summed E-state index contributed by atoms with van der Waals surface area (Å²) >= 11 is 0. The van der Waals surface area contributed by atoms with Crippen molar-refractivity contribution in [3.63, 3.8) is 0 Å². The highest BCUT2D eigenvalue weighted by molar-refractivity contribution is 5.06. The molecule has 1 atom stereocenters. The lowest BCUT2D eigenvalue weighted by Crippen LogP contribution is -2.18. The van der Waals surface area contributed by atoms with Crippen molar-refractivity contribution in [1.82, 2.24) is 9.55 Å². The Kier molecular flexibility index (Phi) is 4.19. The van der Waals surface area contributed by atoms with Gasteiger partial charge in [0.05, 0.1) is 12.6 Å². The molecule has 0 aliphatic heterocycles. The van der Waals surface area contributed by atoms with Gasteiger partial charge in [-0.05, 0) is 24.3 Å². The van der Waals surface area contributed by atoms with E-state index in [4.69, 9.17) is 5.73 Å². The number of imidazole rings is 1. The topological polar surface area (TPSA) is 107 Å². The van der Waals surface area contributed by atoms with Gasteiger partial charge >= 0.3 is 5.95 Å². The van der Waals surface area contributed by atoms with Crippen molar-refractivity contribution in [2.75, 3.05) is 6.54 Å². The van der Waals surface area contributed by atoms with Crippen LogP contribution in [0.15, 0.2) is 12.4 Å². The van der Waals surface area contributed by atoms with Crippen LogP contribution in [0.25, 0.3) is 0 Å². The van der Waals surface area contributed by atoms with Crippen molar-refractivity contribution in [3.05, 3.63) is 22.5 Å².